The molecule has 2 heterocycles. The van der Waals surface area contributed by atoms with E-state index in [9.17, 15) is 9.59 Å². The summed E-state index contributed by atoms with van der Waals surface area (Å²) >= 11 is 0. The number of anilines is 1. The van der Waals surface area contributed by atoms with Gasteiger partial charge in [-0.2, -0.15) is 0 Å². The summed E-state index contributed by atoms with van der Waals surface area (Å²) in [5.74, 6) is 0.339. The van der Waals surface area contributed by atoms with Crippen LogP contribution in [0.1, 0.15) is 29.0 Å². The summed E-state index contributed by atoms with van der Waals surface area (Å²) < 4.78 is 0. The van der Waals surface area contributed by atoms with Crippen molar-refractivity contribution < 1.29 is 9.59 Å². The predicted octanol–water partition coefficient (Wildman–Crippen LogP) is 2.97. The number of piperazine rings is 1. The van der Waals surface area contributed by atoms with Gasteiger partial charge < -0.3 is 14.7 Å². The van der Waals surface area contributed by atoms with Crippen LogP contribution < -0.4 is 4.90 Å². The van der Waals surface area contributed by atoms with E-state index in [1.54, 1.807) is 4.90 Å². The normalized spacial score (nSPS) is 19.7. The van der Waals surface area contributed by atoms with Crippen LogP contribution in [-0.2, 0) is 9.59 Å². The summed E-state index contributed by atoms with van der Waals surface area (Å²) in [7, 11) is 0. The van der Waals surface area contributed by atoms with Crippen LogP contribution >= 0.6 is 0 Å². The van der Waals surface area contributed by atoms with Gasteiger partial charge in [-0.05, 0) is 36.6 Å². The second kappa shape index (κ2) is 8.27. The van der Waals surface area contributed by atoms with Gasteiger partial charge in [0.2, 0.25) is 11.8 Å². The molecule has 1 unspecified atom stereocenters. The summed E-state index contributed by atoms with van der Waals surface area (Å²) in [5.41, 5.74) is 5.04. The zero-order chi connectivity index (χ0) is 20.4. The van der Waals surface area contributed by atoms with E-state index in [0.717, 1.165) is 13.1 Å². The lowest BCUT2D eigenvalue weighted by Gasteiger charge is -2.37. The molecule has 2 aromatic carbocycles. The number of benzene rings is 2. The van der Waals surface area contributed by atoms with Gasteiger partial charge in [-0.15, -0.1) is 0 Å². The molecule has 2 aliphatic rings. The maximum Gasteiger partial charge on any atom is 0.242 e. The molecule has 29 heavy (non-hydrogen) atoms. The fourth-order valence-electron chi connectivity index (χ4n) is 4.41. The molecule has 0 aromatic heterocycles. The zero-order valence-corrected chi connectivity index (χ0v) is 17.3. The third-order valence-electron chi connectivity index (χ3n) is 6.36. The Morgan fingerprint density at radius 1 is 0.966 bits per heavy atom. The van der Waals surface area contributed by atoms with E-state index < -0.39 is 0 Å². The summed E-state index contributed by atoms with van der Waals surface area (Å²) in [4.78, 5) is 31.3. The average Bonchev–Trinajstić information content (AvgIpc) is 3.11. The van der Waals surface area contributed by atoms with Crippen LogP contribution in [0.2, 0.25) is 0 Å². The highest BCUT2D eigenvalue weighted by Crippen LogP contribution is 2.28. The molecule has 2 saturated heterocycles. The summed E-state index contributed by atoms with van der Waals surface area (Å²) in [5, 5.41) is 0. The molecule has 2 fully saturated rings. The molecule has 5 nitrogen and oxygen atoms in total. The zero-order valence-electron chi connectivity index (χ0n) is 17.3. The number of aryl methyl sites for hydroxylation is 1. The van der Waals surface area contributed by atoms with Crippen LogP contribution in [0.3, 0.4) is 0 Å². The number of hydrogen-bond acceptors (Lipinski definition) is 3. The Morgan fingerprint density at radius 3 is 2.41 bits per heavy atom. The van der Waals surface area contributed by atoms with Gasteiger partial charge >= 0.3 is 0 Å². The van der Waals surface area contributed by atoms with Crippen LogP contribution in [-0.4, -0.2) is 60.9 Å². The molecule has 2 aromatic rings. The topological polar surface area (TPSA) is 43.9 Å². The van der Waals surface area contributed by atoms with Gasteiger partial charge in [-0.3, -0.25) is 9.59 Å². The average molecular weight is 392 g/mol. The van der Waals surface area contributed by atoms with Crippen molar-refractivity contribution in [1.29, 1.82) is 0 Å². The monoisotopic (exact) mass is 391 g/mol. The molecule has 0 radical (unpaired) electrons. The largest absolute Gasteiger partial charge is 0.368 e. The molecule has 0 aliphatic carbocycles. The Bertz CT molecular complexity index is 888. The highest BCUT2D eigenvalue weighted by Gasteiger charge is 2.33. The molecule has 5 heteroatoms. The molecule has 1 atom stereocenters. The lowest BCUT2D eigenvalue weighted by molar-refractivity contribution is -0.138. The standard InChI is InChI=1S/C24H29N3O2/c1-18-7-6-10-22(19(18)2)25-11-13-26(14-12-25)24(29)17-27-16-21(15-23(27)28)20-8-4-3-5-9-20/h3-10,21H,11-17H2,1-2H3. The first-order valence-electron chi connectivity index (χ1n) is 10.4. The van der Waals surface area contributed by atoms with Crippen LogP contribution in [0, 0.1) is 13.8 Å². The number of amides is 2. The first-order chi connectivity index (χ1) is 14.0. The second-order valence-corrected chi connectivity index (χ2v) is 8.17. The van der Waals surface area contributed by atoms with Crippen molar-refractivity contribution in [2.24, 2.45) is 0 Å². The Hall–Kier alpha value is -2.82. The van der Waals surface area contributed by atoms with Gasteiger partial charge in [0, 0.05) is 50.7 Å². The van der Waals surface area contributed by atoms with Crippen molar-refractivity contribution in [2.75, 3.05) is 44.2 Å². The van der Waals surface area contributed by atoms with Gasteiger partial charge in [0.1, 0.15) is 0 Å². The van der Waals surface area contributed by atoms with E-state index in [4.69, 9.17) is 0 Å². The molecular weight excluding hydrogens is 362 g/mol. The van der Waals surface area contributed by atoms with Gasteiger partial charge in [0.15, 0.2) is 0 Å². The minimum atomic E-state index is 0.0627. The van der Waals surface area contributed by atoms with Gasteiger partial charge in [-0.1, -0.05) is 42.5 Å². The van der Waals surface area contributed by atoms with Crippen LogP contribution in [0.4, 0.5) is 5.69 Å². The van der Waals surface area contributed by atoms with Crippen molar-refractivity contribution in [3.05, 3.63) is 65.2 Å². The SMILES string of the molecule is Cc1cccc(N2CCN(C(=O)CN3CC(c4ccccc4)CC3=O)CC2)c1C. The first-order valence-corrected chi connectivity index (χ1v) is 10.4. The summed E-state index contributed by atoms with van der Waals surface area (Å²) in [6.45, 7) is 8.20. The van der Waals surface area contributed by atoms with Crippen molar-refractivity contribution in [2.45, 2.75) is 26.2 Å². The molecule has 0 spiro atoms. The highest BCUT2D eigenvalue weighted by molar-refractivity contribution is 5.87. The van der Waals surface area contributed by atoms with E-state index in [-0.39, 0.29) is 24.3 Å². The molecule has 4 rings (SSSR count). The lowest BCUT2D eigenvalue weighted by atomic mass is 9.99. The maximum atomic E-state index is 12.8. The van der Waals surface area contributed by atoms with E-state index in [2.05, 4.69) is 49.1 Å². The Balaban J connectivity index is 1.32. The third-order valence-corrected chi connectivity index (χ3v) is 6.36. The minimum absolute atomic E-state index is 0.0627. The first kappa shape index (κ1) is 19.5. The maximum absolute atomic E-state index is 12.8. The third kappa shape index (κ3) is 4.14. The van der Waals surface area contributed by atoms with E-state index >= 15 is 0 Å². The Morgan fingerprint density at radius 2 is 1.69 bits per heavy atom. The predicted molar refractivity (Wildman–Crippen MR) is 115 cm³/mol. The number of nitrogens with zero attached hydrogens (tertiary/aromatic N) is 3. The Labute approximate surface area is 172 Å². The lowest BCUT2D eigenvalue weighted by Crippen LogP contribution is -2.51. The van der Waals surface area contributed by atoms with Crippen LogP contribution in [0.25, 0.3) is 0 Å². The highest BCUT2D eigenvalue weighted by atomic mass is 16.2. The molecule has 0 saturated carbocycles. The Kier molecular flexibility index (Phi) is 5.56. The van der Waals surface area contributed by atoms with Crippen LogP contribution in [0.15, 0.2) is 48.5 Å². The quantitative estimate of drug-likeness (QED) is 0.805. The van der Waals surface area contributed by atoms with Crippen molar-refractivity contribution in [3.63, 3.8) is 0 Å². The van der Waals surface area contributed by atoms with E-state index in [1.807, 2.05) is 23.1 Å². The van der Waals surface area contributed by atoms with Gasteiger partial charge in [0.05, 0.1) is 6.54 Å². The van der Waals surface area contributed by atoms with Crippen molar-refractivity contribution >= 4 is 17.5 Å². The molecule has 0 N–H and O–H groups in total. The fourth-order valence-corrected chi connectivity index (χ4v) is 4.41. The van der Waals surface area contributed by atoms with Crippen molar-refractivity contribution in [1.82, 2.24) is 9.80 Å². The van der Waals surface area contributed by atoms with Gasteiger partial charge in [-0.25, -0.2) is 0 Å². The summed E-state index contributed by atoms with van der Waals surface area (Å²) in [6, 6.07) is 16.5. The number of hydrogen-bond donors (Lipinski definition) is 0. The number of carbonyl (C=O) groups is 2. The van der Waals surface area contributed by atoms with E-state index in [1.165, 1.54) is 22.4 Å². The minimum Gasteiger partial charge on any atom is -0.368 e. The fraction of sp³-hybridized carbons (Fsp3) is 0.417. The molecular formula is C24H29N3O2. The number of likely N-dealkylation sites (tertiary alicyclic amines) is 1. The number of carbonyl (C=O) groups excluding carboxylic acids is 2. The molecule has 2 aliphatic heterocycles. The second-order valence-electron chi connectivity index (χ2n) is 8.17. The molecule has 152 valence electrons. The van der Waals surface area contributed by atoms with Gasteiger partial charge in [0.25, 0.3) is 0 Å². The smallest absolute Gasteiger partial charge is 0.242 e. The van der Waals surface area contributed by atoms with Crippen LogP contribution in [0.5, 0.6) is 0 Å². The molecule has 2 amide bonds. The van der Waals surface area contributed by atoms with Crippen molar-refractivity contribution in [3.8, 4) is 0 Å². The summed E-state index contributed by atoms with van der Waals surface area (Å²) in [6.07, 6.45) is 0.498. The molecule has 0 bridgehead atoms. The van der Waals surface area contributed by atoms with E-state index in [0.29, 0.717) is 26.1 Å². The number of rotatable bonds is 4.